The number of nitrogens with one attached hydrogen (secondary N) is 1. The molecule has 13 heavy (non-hydrogen) atoms. The topological polar surface area (TPSA) is 54.7 Å². The second-order valence-corrected chi connectivity index (χ2v) is 3.10. The number of aromatic nitrogens is 2. The van der Waals surface area contributed by atoms with Crippen LogP contribution in [0.25, 0.3) is 11.1 Å². The Bertz CT molecular complexity index is 389. The van der Waals surface area contributed by atoms with Crippen LogP contribution in [0.3, 0.4) is 0 Å². The molecule has 4 heteroatoms. The van der Waals surface area contributed by atoms with Gasteiger partial charge in [0.05, 0.1) is 11.2 Å². The highest BCUT2D eigenvalue weighted by molar-refractivity contribution is 6.34. The number of aromatic amines is 1. The number of nitrogens with two attached hydrogens (primary N) is 1. The number of hydrogen-bond donors (Lipinski definition) is 2. The summed E-state index contributed by atoms with van der Waals surface area (Å²) in [5.41, 5.74) is 8.18. The Labute approximate surface area is 80.5 Å². The second kappa shape index (κ2) is 3.11. The molecule has 0 saturated heterocycles. The highest BCUT2D eigenvalue weighted by Crippen LogP contribution is 2.31. The van der Waals surface area contributed by atoms with E-state index in [1.807, 2.05) is 12.1 Å². The first kappa shape index (κ1) is 8.13. The van der Waals surface area contributed by atoms with E-state index >= 15 is 0 Å². The first-order chi connectivity index (χ1) is 6.29. The lowest BCUT2D eigenvalue weighted by Gasteiger charge is -2.04. The molecule has 66 valence electrons. The lowest BCUT2D eigenvalue weighted by atomic mass is 10.1. The molecule has 3 N–H and O–H groups in total. The summed E-state index contributed by atoms with van der Waals surface area (Å²) >= 11 is 6.00. The first-order valence-corrected chi connectivity index (χ1v) is 4.20. The minimum atomic E-state index is 0.640. The Morgan fingerprint density at radius 2 is 2.23 bits per heavy atom. The third-order valence-electron chi connectivity index (χ3n) is 1.83. The minimum Gasteiger partial charge on any atom is -0.398 e. The van der Waals surface area contributed by atoms with Crippen molar-refractivity contribution in [2.24, 2.45) is 0 Å². The maximum absolute atomic E-state index is 6.00. The molecule has 0 aliphatic heterocycles. The fraction of sp³-hybridized carbons (Fsp3) is 0. The van der Waals surface area contributed by atoms with Crippen LogP contribution in [-0.4, -0.2) is 10.2 Å². The van der Waals surface area contributed by atoms with Gasteiger partial charge in [0.25, 0.3) is 0 Å². The van der Waals surface area contributed by atoms with Crippen LogP contribution in [0.15, 0.2) is 30.6 Å². The lowest BCUT2D eigenvalue weighted by Crippen LogP contribution is -1.89. The van der Waals surface area contributed by atoms with Crippen molar-refractivity contribution in [3.05, 3.63) is 35.6 Å². The number of H-pyrrole nitrogens is 1. The fourth-order valence-electron chi connectivity index (χ4n) is 1.23. The smallest absolute Gasteiger partial charge is 0.0567 e. The second-order valence-electron chi connectivity index (χ2n) is 2.69. The van der Waals surface area contributed by atoms with Crippen molar-refractivity contribution in [2.45, 2.75) is 0 Å². The van der Waals surface area contributed by atoms with Gasteiger partial charge in [0.1, 0.15) is 0 Å². The third-order valence-corrected chi connectivity index (χ3v) is 2.15. The van der Waals surface area contributed by atoms with E-state index in [-0.39, 0.29) is 0 Å². The maximum atomic E-state index is 6.00. The van der Waals surface area contributed by atoms with Gasteiger partial charge in [-0.15, -0.1) is 0 Å². The van der Waals surface area contributed by atoms with Crippen LogP contribution >= 0.6 is 11.6 Å². The Hall–Kier alpha value is -1.48. The van der Waals surface area contributed by atoms with Gasteiger partial charge in [0.15, 0.2) is 0 Å². The highest BCUT2D eigenvalue weighted by Gasteiger charge is 2.07. The Balaban J connectivity index is 2.64. The molecule has 0 amide bonds. The van der Waals surface area contributed by atoms with Crippen molar-refractivity contribution in [2.75, 3.05) is 5.73 Å². The molecule has 0 saturated carbocycles. The summed E-state index contributed by atoms with van der Waals surface area (Å²) in [4.78, 5) is 0. The summed E-state index contributed by atoms with van der Waals surface area (Å²) in [5.74, 6) is 0. The Kier molecular flexibility index (Phi) is 1.94. The highest BCUT2D eigenvalue weighted by atomic mass is 35.5. The van der Waals surface area contributed by atoms with Gasteiger partial charge in [-0.3, -0.25) is 5.10 Å². The van der Waals surface area contributed by atoms with E-state index in [4.69, 9.17) is 17.3 Å². The molecule has 1 aromatic heterocycles. The molecule has 0 bridgehead atoms. The molecule has 0 fully saturated rings. The van der Waals surface area contributed by atoms with Crippen LogP contribution in [0, 0.1) is 0 Å². The maximum Gasteiger partial charge on any atom is 0.0567 e. The minimum absolute atomic E-state index is 0.640. The van der Waals surface area contributed by atoms with Crippen LogP contribution in [0.4, 0.5) is 5.69 Å². The molecule has 2 aromatic rings. The average molecular weight is 194 g/mol. The molecule has 1 aromatic carbocycles. The van der Waals surface area contributed by atoms with Gasteiger partial charge in [-0.25, -0.2) is 0 Å². The van der Waals surface area contributed by atoms with E-state index in [1.165, 1.54) is 0 Å². The van der Waals surface area contributed by atoms with E-state index in [2.05, 4.69) is 10.2 Å². The number of halogens is 1. The Morgan fingerprint density at radius 3 is 2.85 bits per heavy atom. The summed E-state index contributed by atoms with van der Waals surface area (Å²) in [6.07, 6.45) is 3.45. The van der Waals surface area contributed by atoms with Crippen LogP contribution in [0.5, 0.6) is 0 Å². The SMILES string of the molecule is Nc1cccc(Cl)c1-c1cn[nH]c1. The van der Waals surface area contributed by atoms with Gasteiger partial charge in [0.2, 0.25) is 0 Å². The fourth-order valence-corrected chi connectivity index (χ4v) is 1.52. The van der Waals surface area contributed by atoms with Crippen molar-refractivity contribution in [3.8, 4) is 11.1 Å². The number of benzene rings is 1. The molecule has 0 atom stereocenters. The monoisotopic (exact) mass is 193 g/mol. The van der Waals surface area contributed by atoms with E-state index in [1.54, 1.807) is 18.5 Å². The number of anilines is 1. The predicted molar refractivity (Wildman–Crippen MR) is 53.4 cm³/mol. The Morgan fingerprint density at radius 1 is 1.38 bits per heavy atom. The van der Waals surface area contributed by atoms with Crippen molar-refractivity contribution >= 4 is 17.3 Å². The van der Waals surface area contributed by atoms with Crippen molar-refractivity contribution in [1.82, 2.24) is 10.2 Å². The van der Waals surface area contributed by atoms with Gasteiger partial charge in [-0.05, 0) is 12.1 Å². The quantitative estimate of drug-likeness (QED) is 0.683. The number of nitrogen functional groups attached to an aromatic ring is 1. The summed E-state index contributed by atoms with van der Waals surface area (Å²) in [6, 6.07) is 5.44. The molecular formula is C9H8ClN3. The zero-order chi connectivity index (χ0) is 9.26. The normalized spacial score (nSPS) is 10.2. The molecule has 0 radical (unpaired) electrons. The summed E-state index contributed by atoms with van der Waals surface area (Å²) < 4.78 is 0. The molecule has 0 aliphatic carbocycles. The van der Waals surface area contributed by atoms with Crippen molar-refractivity contribution < 1.29 is 0 Å². The number of nitrogens with zero attached hydrogens (tertiary/aromatic N) is 1. The molecular weight excluding hydrogens is 186 g/mol. The molecule has 0 aliphatic rings. The predicted octanol–water partition coefficient (Wildman–Crippen LogP) is 2.31. The van der Waals surface area contributed by atoms with Gasteiger partial charge in [-0.1, -0.05) is 17.7 Å². The summed E-state index contributed by atoms with van der Waals surface area (Å²) in [6.45, 7) is 0. The zero-order valence-corrected chi connectivity index (χ0v) is 7.55. The van der Waals surface area contributed by atoms with Crippen LogP contribution in [0.2, 0.25) is 5.02 Å². The lowest BCUT2D eigenvalue weighted by molar-refractivity contribution is 1.09. The third kappa shape index (κ3) is 1.38. The van der Waals surface area contributed by atoms with Crippen LogP contribution in [-0.2, 0) is 0 Å². The average Bonchev–Trinajstić information content (AvgIpc) is 2.57. The zero-order valence-electron chi connectivity index (χ0n) is 6.79. The summed E-state index contributed by atoms with van der Waals surface area (Å²) in [7, 11) is 0. The number of rotatable bonds is 1. The molecule has 2 rings (SSSR count). The van der Waals surface area contributed by atoms with E-state index < -0.39 is 0 Å². The number of hydrogen-bond acceptors (Lipinski definition) is 2. The molecule has 0 unspecified atom stereocenters. The van der Waals surface area contributed by atoms with Gasteiger partial charge in [-0.2, -0.15) is 5.10 Å². The first-order valence-electron chi connectivity index (χ1n) is 3.82. The van der Waals surface area contributed by atoms with E-state index in [9.17, 15) is 0 Å². The van der Waals surface area contributed by atoms with Crippen LogP contribution < -0.4 is 5.73 Å². The molecule has 1 heterocycles. The van der Waals surface area contributed by atoms with Gasteiger partial charge < -0.3 is 5.73 Å². The largest absolute Gasteiger partial charge is 0.398 e. The standard InChI is InChI=1S/C9H8ClN3/c10-7-2-1-3-8(11)9(7)6-4-12-13-5-6/h1-5H,11H2,(H,12,13). The van der Waals surface area contributed by atoms with Crippen LogP contribution in [0.1, 0.15) is 0 Å². The van der Waals surface area contributed by atoms with Gasteiger partial charge in [0, 0.05) is 23.0 Å². The van der Waals surface area contributed by atoms with Gasteiger partial charge >= 0.3 is 0 Å². The van der Waals surface area contributed by atoms with E-state index in [0.717, 1.165) is 11.1 Å². The molecule has 0 spiro atoms. The van der Waals surface area contributed by atoms with E-state index in [0.29, 0.717) is 10.7 Å². The molecule has 3 nitrogen and oxygen atoms in total. The van der Waals surface area contributed by atoms with Crippen molar-refractivity contribution in [1.29, 1.82) is 0 Å². The van der Waals surface area contributed by atoms with Crippen molar-refractivity contribution in [3.63, 3.8) is 0 Å². The summed E-state index contributed by atoms with van der Waals surface area (Å²) in [5, 5.41) is 7.20.